The topological polar surface area (TPSA) is 124 Å². The Hall–Kier alpha value is -3.04. The summed E-state index contributed by atoms with van der Waals surface area (Å²) in [4.78, 5) is 28.9. The molecule has 2 aromatic carbocycles. The first-order valence-electron chi connectivity index (χ1n) is 8.57. The van der Waals surface area contributed by atoms with Crippen molar-refractivity contribution < 1.29 is 13.2 Å². The van der Waals surface area contributed by atoms with Crippen molar-refractivity contribution in [2.75, 3.05) is 5.32 Å². The van der Waals surface area contributed by atoms with Crippen LogP contribution in [0.1, 0.15) is 25.3 Å². The molecule has 1 aromatic heterocycles. The minimum Gasteiger partial charge on any atom is -0.323 e. The Bertz CT molecular complexity index is 1220. The van der Waals surface area contributed by atoms with Crippen LogP contribution in [0.4, 0.5) is 5.69 Å². The van der Waals surface area contributed by atoms with Crippen molar-refractivity contribution >= 4 is 32.5 Å². The Kier molecular flexibility index (Phi) is 5.30. The van der Waals surface area contributed by atoms with Crippen molar-refractivity contribution in [2.24, 2.45) is 5.14 Å². The Balaban J connectivity index is 1.90. The van der Waals surface area contributed by atoms with Crippen LogP contribution in [0, 0.1) is 0 Å². The second-order valence-electron chi connectivity index (χ2n) is 6.70. The molecule has 0 fully saturated rings. The molecule has 0 aliphatic carbocycles. The van der Waals surface area contributed by atoms with Crippen molar-refractivity contribution in [2.45, 2.75) is 31.2 Å². The summed E-state index contributed by atoms with van der Waals surface area (Å²) in [5.41, 5.74) is 1.02. The molecule has 0 aliphatic heterocycles. The Labute approximate surface area is 162 Å². The average molecular weight is 400 g/mol. The van der Waals surface area contributed by atoms with E-state index in [9.17, 15) is 18.0 Å². The standard InChI is InChI=1S/C19H20N4O4S/c1-12(2)13-7-8-16(17(9-13)28(20,26)27)22-18(24)10-23-11-21-15-6-4-3-5-14(15)19(23)25/h3-9,11-12H,10H2,1-2H3,(H,22,24)(H2,20,26,27). The third-order valence-corrected chi connectivity index (χ3v) is 5.25. The predicted molar refractivity (Wildman–Crippen MR) is 107 cm³/mol. The lowest BCUT2D eigenvalue weighted by molar-refractivity contribution is -0.116. The van der Waals surface area contributed by atoms with E-state index in [2.05, 4.69) is 10.3 Å². The molecule has 0 radical (unpaired) electrons. The zero-order chi connectivity index (χ0) is 20.5. The van der Waals surface area contributed by atoms with Crippen LogP contribution >= 0.6 is 0 Å². The number of hydrogen-bond acceptors (Lipinski definition) is 5. The molecule has 3 aromatic rings. The molecule has 0 atom stereocenters. The van der Waals surface area contributed by atoms with E-state index in [-0.39, 0.29) is 28.6 Å². The van der Waals surface area contributed by atoms with E-state index in [1.165, 1.54) is 18.5 Å². The normalized spacial score (nSPS) is 11.7. The quantitative estimate of drug-likeness (QED) is 0.676. The van der Waals surface area contributed by atoms with Gasteiger partial charge in [0.1, 0.15) is 11.4 Å². The number of carbonyl (C=O) groups excluding carboxylic acids is 1. The van der Waals surface area contributed by atoms with Gasteiger partial charge < -0.3 is 5.32 Å². The fourth-order valence-corrected chi connectivity index (χ4v) is 3.53. The van der Waals surface area contributed by atoms with Gasteiger partial charge >= 0.3 is 0 Å². The smallest absolute Gasteiger partial charge is 0.261 e. The van der Waals surface area contributed by atoms with Gasteiger partial charge in [0.15, 0.2) is 0 Å². The van der Waals surface area contributed by atoms with Gasteiger partial charge in [-0.05, 0) is 35.7 Å². The summed E-state index contributed by atoms with van der Waals surface area (Å²) in [6, 6.07) is 11.5. The van der Waals surface area contributed by atoms with Gasteiger partial charge in [-0.3, -0.25) is 14.2 Å². The number of para-hydroxylation sites is 1. The minimum atomic E-state index is -4.04. The number of aromatic nitrogens is 2. The predicted octanol–water partition coefficient (Wildman–Crippen LogP) is 1.81. The molecule has 1 heterocycles. The number of amides is 1. The molecule has 0 unspecified atom stereocenters. The van der Waals surface area contributed by atoms with Crippen molar-refractivity contribution in [1.29, 1.82) is 0 Å². The largest absolute Gasteiger partial charge is 0.323 e. The number of benzene rings is 2. The summed E-state index contributed by atoms with van der Waals surface area (Å²) >= 11 is 0. The Morgan fingerprint density at radius 2 is 1.93 bits per heavy atom. The van der Waals surface area contributed by atoms with Crippen LogP contribution in [0.3, 0.4) is 0 Å². The maximum Gasteiger partial charge on any atom is 0.261 e. The highest BCUT2D eigenvalue weighted by Crippen LogP contribution is 2.25. The SMILES string of the molecule is CC(C)c1ccc(NC(=O)Cn2cnc3ccccc3c2=O)c(S(N)(=O)=O)c1. The van der Waals surface area contributed by atoms with Crippen LogP contribution in [-0.4, -0.2) is 23.9 Å². The first-order valence-corrected chi connectivity index (χ1v) is 10.1. The molecular formula is C19H20N4O4S. The number of nitrogens with one attached hydrogen (secondary N) is 1. The molecule has 0 saturated carbocycles. The first-order chi connectivity index (χ1) is 13.2. The van der Waals surface area contributed by atoms with Gasteiger partial charge in [-0.15, -0.1) is 0 Å². The third-order valence-electron chi connectivity index (χ3n) is 4.30. The molecule has 146 valence electrons. The van der Waals surface area contributed by atoms with E-state index in [4.69, 9.17) is 5.14 Å². The maximum absolute atomic E-state index is 12.5. The summed E-state index contributed by atoms with van der Waals surface area (Å²) in [6.07, 6.45) is 1.28. The van der Waals surface area contributed by atoms with Gasteiger partial charge in [0, 0.05) is 0 Å². The van der Waals surface area contributed by atoms with Crippen LogP contribution in [0.25, 0.3) is 10.9 Å². The Morgan fingerprint density at radius 1 is 1.21 bits per heavy atom. The summed E-state index contributed by atoms with van der Waals surface area (Å²) < 4.78 is 25.0. The van der Waals surface area contributed by atoms with Gasteiger partial charge in [-0.25, -0.2) is 18.5 Å². The Morgan fingerprint density at radius 3 is 2.61 bits per heavy atom. The van der Waals surface area contributed by atoms with Crippen molar-refractivity contribution in [3.8, 4) is 0 Å². The van der Waals surface area contributed by atoms with E-state index >= 15 is 0 Å². The fourth-order valence-electron chi connectivity index (χ4n) is 2.80. The highest BCUT2D eigenvalue weighted by atomic mass is 32.2. The zero-order valence-corrected chi connectivity index (χ0v) is 16.2. The molecule has 1 amide bonds. The van der Waals surface area contributed by atoms with Crippen molar-refractivity contribution in [1.82, 2.24) is 9.55 Å². The van der Waals surface area contributed by atoms with Gasteiger partial charge in [0.05, 0.1) is 22.9 Å². The first kappa shape index (κ1) is 19.7. The number of nitrogens with two attached hydrogens (primary N) is 1. The van der Waals surface area contributed by atoms with E-state index < -0.39 is 15.9 Å². The number of rotatable bonds is 5. The summed E-state index contributed by atoms with van der Waals surface area (Å²) in [7, 11) is -4.04. The molecule has 28 heavy (non-hydrogen) atoms. The number of sulfonamides is 1. The van der Waals surface area contributed by atoms with Gasteiger partial charge in [-0.1, -0.05) is 32.0 Å². The number of hydrogen-bond donors (Lipinski definition) is 2. The third kappa shape index (κ3) is 4.10. The lowest BCUT2D eigenvalue weighted by Crippen LogP contribution is -2.28. The van der Waals surface area contributed by atoms with E-state index in [1.54, 1.807) is 30.3 Å². The molecule has 3 N–H and O–H groups in total. The van der Waals surface area contributed by atoms with Gasteiger partial charge in [0.2, 0.25) is 15.9 Å². The molecule has 0 aliphatic rings. The van der Waals surface area contributed by atoms with E-state index in [1.807, 2.05) is 13.8 Å². The monoisotopic (exact) mass is 400 g/mol. The summed E-state index contributed by atoms with van der Waals surface area (Å²) in [6.45, 7) is 3.52. The van der Waals surface area contributed by atoms with Gasteiger partial charge in [0.25, 0.3) is 5.56 Å². The molecule has 0 spiro atoms. The zero-order valence-electron chi connectivity index (χ0n) is 15.4. The summed E-state index contributed by atoms with van der Waals surface area (Å²) in [5, 5.41) is 8.21. The second-order valence-corrected chi connectivity index (χ2v) is 8.23. The van der Waals surface area contributed by atoms with Crippen molar-refractivity contribution in [3.05, 3.63) is 64.7 Å². The average Bonchev–Trinajstić information content (AvgIpc) is 2.63. The minimum absolute atomic E-state index is 0.0682. The molecule has 0 bridgehead atoms. The van der Waals surface area contributed by atoms with Crippen LogP contribution < -0.4 is 16.0 Å². The number of carbonyl (C=O) groups is 1. The van der Waals surface area contributed by atoms with E-state index in [0.29, 0.717) is 10.9 Å². The molecule has 9 heteroatoms. The lowest BCUT2D eigenvalue weighted by Gasteiger charge is -2.14. The second kappa shape index (κ2) is 7.53. The van der Waals surface area contributed by atoms with Crippen LogP contribution in [-0.2, 0) is 21.4 Å². The number of fused-ring (bicyclic) bond motifs is 1. The number of anilines is 1. The number of primary sulfonamides is 1. The van der Waals surface area contributed by atoms with Crippen molar-refractivity contribution in [3.63, 3.8) is 0 Å². The van der Waals surface area contributed by atoms with Crippen LogP contribution in [0.15, 0.2) is 58.5 Å². The molecule has 3 rings (SSSR count). The highest BCUT2D eigenvalue weighted by molar-refractivity contribution is 7.89. The lowest BCUT2D eigenvalue weighted by atomic mass is 10.0. The fraction of sp³-hybridized carbons (Fsp3) is 0.211. The molecule has 0 saturated heterocycles. The molecule has 8 nitrogen and oxygen atoms in total. The van der Waals surface area contributed by atoms with E-state index in [0.717, 1.165) is 10.1 Å². The molecular weight excluding hydrogens is 380 g/mol. The van der Waals surface area contributed by atoms with Crippen LogP contribution in [0.2, 0.25) is 0 Å². The summed E-state index contributed by atoms with van der Waals surface area (Å²) in [5.74, 6) is -0.478. The highest BCUT2D eigenvalue weighted by Gasteiger charge is 2.18. The van der Waals surface area contributed by atoms with Gasteiger partial charge in [-0.2, -0.15) is 0 Å². The van der Waals surface area contributed by atoms with Crippen LogP contribution in [0.5, 0.6) is 0 Å². The number of nitrogens with zero attached hydrogens (tertiary/aromatic N) is 2. The maximum atomic E-state index is 12.5.